The lowest BCUT2D eigenvalue weighted by atomic mass is 10.0. The van der Waals surface area contributed by atoms with Crippen LogP contribution in [0.2, 0.25) is 0 Å². The number of benzene rings is 2. The van der Waals surface area contributed by atoms with Crippen LogP contribution in [0.25, 0.3) is 0 Å². The SMILES string of the molecule is CNC(CS(=O)c1cccc(OC)c1)c1ccccc1C. The van der Waals surface area contributed by atoms with Gasteiger partial charge in [-0.3, -0.25) is 4.21 Å². The molecule has 0 aromatic heterocycles. The Hall–Kier alpha value is -1.65. The molecule has 2 rings (SSSR count). The van der Waals surface area contributed by atoms with E-state index in [1.807, 2.05) is 43.4 Å². The topological polar surface area (TPSA) is 38.3 Å². The van der Waals surface area contributed by atoms with Crippen molar-refractivity contribution in [3.05, 3.63) is 59.7 Å². The average Bonchev–Trinajstić information content (AvgIpc) is 2.53. The molecule has 0 aliphatic rings. The van der Waals surface area contributed by atoms with E-state index >= 15 is 0 Å². The van der Waals surface area contributed by atoms with Crippen LogP contribution >= 0.6 is 0 Å². The molecule has 2 aromatic carbocycles. The van der Waals surface area contributed by atoms with Gasteiger partial charge in [-0.25, -0.2) is 0 Å². The van der Waals surface area contributed by atoms with E-state index in [0.717, 1.165) is 10.6 Å². The Morgan fingerprint density at radius 2 is 1.95 bits per heavy atom. The highest BCUT2D eigenvalue weighted by molar-refractivity contribution is 7.85. The standard InChI is InChI=1S/C17H21NO2S/c1-13-7-4-5-10-16(13)17(18-2)12-21(19)15-9-6-8-14(11-15)20-3/h4-11,17-18H,12H2,1-3H3. The number of rotatable bonds is 6. The molecule has 0 saturated heterocycles. The van der Waals surface area contributed by atoms with Crippen molar-refractivity contribution < 1.29 is 8.95 Å². The quantitative estimate of drug-likeness (QED) is 0.891. The van der Waals surface area contributed by atoms with E-state index in [2.05, 4.69) is 24.4 Å². The van der Waals surface area contributed by atoms with Gasteiger partial charge in [-0.2, -0.15) is 0 Å². The van der Waals surface area contributed by atoms with Crippen molar-refractivity contribution >= 4 is 10.8 Å². The molecule has 0 fully saturated rings. The summed E-state index contributed by atoms with van der Waals surface area (Å²) in [5.74, 6) is 1.27. The molecular weight excluding hydrogens is 282 g/mol. The molecule has 2 aromatic rings. The van der Waals surface area contributed by atoms with Gasteiger partial charge in [0.05, 0.1) is 17.9 Å². The van der Waals surface area contributed by atoms with E-state index in [-0.39, 0.29) is 6.04 Å². The molecule has 1 N–H and O–H groups in total. The molecule has 0 bridgehead atoms. The molecule has 2 atom stereocenters. The highest BCUT2D eigenvalue weighted by Gasteiger charge is 2.16. The van der Waals surface area contributed by atoms with Crippen LogP contribution in [-0.2, 0) is 10.8 Å². The fourth-order valence-electron chi connectivity index (χ4n) is 2.30. The Kier molecular flexibility index (Phi) is 5.53. The van der Waals surface area contributed by atoms with Gasteiger partial charge >= 0.3 is 0 Å². The number of methoxy groups -OCH3 is 1. The van der Waals surface area contributed by atoms with E-state index < -0.39 is 10.8 Å². The summed E-state index contributed by atoms with van der Waals surface area (Å²) in [6.07, 6.45) is 0. The van der Waals surface area contributed by atoms with Gasteiger partial charge in [0.1, 0.15) is 5.75 Å². The summed E-state index contributed by atoms with van der Waals surface area (Å²) in [5, 5.41) is 3.26. The van der Waals surface area contributed by atoms with Crippen LogP contribution in [-0.4, -0.2) is 24.1 Å². The zero-order valence-electron chi connectivity index (χ0n) is 12.6. The first-order chi connectivity index (χ1) is 10.2. The van der Waals surface area contributed by atoms with E-state index in [9.17, 15) is 4.21 Å². The Labute approximate surface area is 128 Å². The number of ether oxygens (including phenoxy) is 1. The van der Waals surface area contributed by atoms with E-state index in [1.165, 1.54) is 11.1 Å². The lowest BCUT2D eigenvalue weighted by Gasteiger charge is -2.18. The minimum absolute atomic E-state index is 0.0678. The highest BCUT2D eigenvalue weighted by atomic mass is 32.2. The molecular formula is C17H21NO2S. The summed E-state index contributed by atoms with van der Waals surface area (Å²) in [4.78, 5) is 0.795. The number of nitrogens with one attached hydrogen (secondary N) is 1. The first kappa shape index (κ1) is 15.7. The van der Waals surface area contributed by atoms with Gasteiger partial charge in [-0.15, -0.1) is 0 Å². The van der Waals surface area contributed by atoms with Crippen LogP contribution in [0.15, 0.2) is 53.4 Å². The van der Waals surface area contributed by atoms with Gasteiger partial charge in [-0.05, 0) is 43.3 Å². The number of aryl methyl sites for hydroxylation is 1. The summed E-state index contributed by atoms with van der Waals surface area (Å²) < 4.78 is 17.8. The maximum atomic E-state index is 12.6. The average molecular weight is 303 g/mol. The van der Waals surface area contributed by atoms with Crippen molar-refractivity contribution in [2.75, 3.05) is 19.9 Å². The molecule has 0 spiro atoms. The van der Waals surface area contributed by atoms with Gasteiger partial charge < -0.3 is 10.1 Å². The first-order valence-electron chi connectivity index (χ1n) is 6.91. The van der Waals surface area contributed by atoms with Gasteiger partial charge in [0.15, 0.2) is 0 Å². The Bertz CT molecular complexity index is 628. The second kappa shape index (κ2) is 7.38. The summed E-state index contributed by atoms with van der Waals surface area (Å²) in [7, 11) is 2.44. The van der Waals surface area contributed by atoms with Crippen LogP contribution in [0, 0.1) is 6.92 Å². The second-order valence-corrected chi connectivity index (χ2v) is 6.38. The smallest absolute Gasteiger partial charge is 0.120 e. The molecule has 0 aliphatic heterocycles. The third kappa shape index (κ3) is 3.93. The highest BCUT2D eigenvalue weighted by Crippen LogP contribution is 2.22. The van der Waals surface area contributed by atoms with E-state index in [0.29, 0.717) is 5.75 Å². The van der Waals surface area contributed by atoms with Gasteiger partial charge in [0.2, 0.25) is 0 Å². The van der Waals surface area contributed by atoms with Crippen LogP contribution in [0.4, 0.5) is 0 Å². The largest absolute Gasteiger partial charge is 0.497 e. The van der Waals surface area contributed by atoms with Gasteiger partial charge in [-0.1, -0.05) is 30.3 Å². The molecule has 112 valence electrons. The van der Waals surface area contributed by atoms with E-state index in [1.54, 1.807) is 7.11 Å². The maximum absolute atomic E-state index is 12.6. The molecule has 0 amide bonds. The van der Waals surface area contributed by atoms with Crippen LogP contribution in [0.1, 0.15) is 17.2 Å². The Morgan fingerprint density at radius 3 is 2.62 bits per heavy atom. The number of hydrogen-bond donors (Lipinski definition) is 1. The summed E-state index contributed by atoms with van der Waals surface area (Å²) in [6, 6.07) is 15.7. The molecule has 2 unspecified atom stereocenters. The second-order valence-electron chi connectivity index (χ2n) is 4.89. The van der Waals surface area contributed by atoms with Crippen molar-refractivity contribution in [2.45, 2.75) is 17.9 Å². The Balaban J connectivity index is 2.18. The van der Waals surface area contributed by atoms with Crippen LogP contribution < -0.4 is 10.1 Å². The minimum atomic E-state index is -1.08. The monoisotopic (exact) mass is 303 g/mol. The van der Waals surface area contributed by atoms with Crippen molar-refractivity contribution in [3.8, 4) is 5.75 Å². The van der Waals surface area contributed by atoms with Crippen LogP contribution in [0.3, 0.4) is 0 Å². The predicted octanol–water partition coefficient (Wildman–Crippen LogP) is 3.07. The van der Waals surface area contributed by atoms with Crippen LogP contribution in [0.5, 0.6) is 5.75 Å². The third-order valence-electron chi connectivity index (χ3n) is 3.53. The first-order valence-corrected chi connectivity index (χ1v) is 8.23. The number of hydrogen-bond acceptors (Lipinski definition) is 3. The molecule has 0 aliphatic carbocycles. The molecule has 0 saturated carbocycles. The fourth-order valence-corrected chi connectivity index (χ4v) is 3.62. The minimum Gasteiger partial charge on any atom is -0.497 e. The molecule has 0 radical (unpaired) electrons. The zero-order chi connectivity index (χ0) is 15.2. The zero-order valence-corrected chi connectivity index (χ0v) is 13.4. The molecule has 4 heteroatoms. The molecule has 3 nitrogen and oxygen atoms in total. The normalized spacial score (nSPS) is 13.7. The van der Waals surface area contributed by atoms with Gasteiger partial charge in [0.25, 0.3) is 0 Å². The van der Waals surface area contributed by atoms with Crippen molar-refractivity contribution in [1.82, 2.24) is 5.32 Å². The maximum Gasteiger partial charge on any atom is 0.120 e. The fraction of sp³-hybridized carbons (Fsp3) is 0.294. The Morgan fingerprint density at radius 1 is 1.19 bits per heavy atom. The lowest BCUT2D eigenvalue weighted by molar-refractivity contribution is 0.413. The van der Waals surface area contributed by atoms with Crippen molar-refractivity contribution in [3.63, 3.8) is 0 Å². The van der Waals surface area contributed by atoms with Crippen molar-refractivity contribution in [2.24, 2.45) is 0 Å². The third-order valence-corrected chi connectivity index (χ3v) is 4.95. The van der Waals surface area contributed by atoms with Gasteiger partial charge in [0, 0.05) is 16.7 Å². The molecule has 0 heterocycles. The predicted molar refractivity (Wildman–Crippen MR) is 87.2 cm³/mol. The summed E-state index contributed by atoms with van der Waals surface area (Å²) in [6.45, 7) is 2.08. The summed E-state index contributed by atoms with van der Waals surface area (Å²) in [5.41, 5.74) is 2.40. The lowest BCUT2D eigenvalue weighted by Crippen LogP contribution is -2.23. The van der Waals surface area contributed by atoms with E-state index in [4.69, 9.17) is 4.74 Å². The molecule has 21 heavy (non-hydrogen) atoms. The van der Waals surface area contributed by atoms with Crippen molar-refractivity contribution in [1.29, 1.82) is 0 Å². The summed E-state index contributed by atoms with van der Waals surface area (Å²) >= 11 is 0.